The summed E-state index contributed by atoms with van der Waals surface area (Å²) in [6, 6.07) is 4.97. The smallest absolute Gasteiger partial charge is 0.128 e. The first kappa shape index (κ1) is 12.4. The topological polar surface area (TPSA) is 19.4 Å². The molecule has 0 bridgehead atoms. The van der Waals surface area contributed by atoms with Crippen LogP contribution in [0, 0.1) is 6.92 Å². The molecule has 0 N–H and O–H groups in total. The summed E-state index contributed by atoms with van der Waals surface area (Å²) in [6.07, 6.45) is 4.49. The van der Waals surface area contributed by atoms with Crippen LogP contribution in [-0.4, -0.2) is 42.6 Å². The van der Waals surface area contributed by atoms with Crippen LogP contribution in [0.25, 0.3) is 0 Å². The minimum atomic E-state index is 0.678. The molecular formula is C14H23N3. The van der Waals surface area contributed by atoms with Crippen LogP contribution in [0.15, 0.2) is 18.3 Å². The van der Waals surface area contributed by atoms with E-state index >= 15 is 0 Å². The van der Waals surface area contributed by atoms with Crippen molar-refractivity contribution in [3.05, 3.63) is 23.9 Å². The summed E-state index contributed by atoms with van der Waals surface area (Å²) in [4.78, 5) is 9.43. The van der Waals surface area contributed by atoms with Gasteiger partial charge in [-0.25, -0.2) is 4.98 Å². The van der Waals surface area contributed by atoms with E-state index in [1.54, 1.807) is 0 Å². The van der Waals surface area contributed by atoms with Gasteiger partial charge in [0.15, 0.2) is 0 Å². The fourth-order valence-electron chi connectivity index (χ4n) is 2.45. The fraction of sp³-hybridized carbons (Fsp3) is 0.643. The van der Waals surface area contributed by atoms with E-state index < -0.39 is 0 Å². The van der Waals surface area contributed by atoms with Gasteiger partial charge in [-0.3, -0.25) is 4.90 Å². The second kappa shape index (κ2) is 5.50. The van der Waals surface area contributed by atoms with Crippen molar-refractivity contribution in [3.8, 4) is 0 Å². The van der Waals surface area contributed by atoms with Crippen molar-refractivity contribution >= 4 is 5.82 Å². The number of hydrogen-bond donors (Lipinski definition) is 0. The largest absolute Gasteiger partial charge is 0.354 e. The number of anilines is 1. The summed E-state index contributed by atoms with van der Waals surface area (Å²) in [5.41, 5.74) is 1.23. The van der Waals surface area contributed by atoms with Gasteiger partial charge in [0.05, 0.1) is 0 Å². The SMILES string of the molecule is CCC[C@H]1CN(c2ccc(C)cn2)CCN1C. The average Bonchev–Trinajstić information content (AvgIpc) is 2.33. The van der Waals surface area contributed by atoms with Crippen LogP contribution < -0.4 is 4.90 Å². The summed E-state index contributed by atoms with van der Waals surface area (Å²) >= 11 is 0. The quantitative estimate of drug-likeness (QED) is 0.798. The maximum absolute atomic E-state index is 4.53. The van der Waals surface area contributed by atoms with Gasteiger partial charge in [0.1, 0.15) is 5.82 Å². The Morgan fingerprint density at radius 1 is 1.35 bits per heavy atom. The average molecular weight is 233 g/mol. The van der Waals surface area contributed by atoms with E-state index in [0.717, 1.165) is 25.5 Å². The van der Waals surface area contributed by atoms with Gasteiger partial charge in [0, 0.05) is 31.9 Å². The molecule has 1 aromatic rings. The number of likely N-dealkylation sites (N-methyl/N-ethyl adjacent to an activating group) is 1. The second-order valence-corrected chi connectivity index (χ2v) is 5.06. The molecule has 0 unspecified atom stereocenters. The monoisotopic (exact) mass is 233 g/mol. The van der Waals surface area contributed by atoms with Crippen LogP contribution in [0.2, 0.25) is 0 Å². The molecule has 2 heterocycles. The molecular weight excluding hydrogens is 210 g/mol. The van der Waals surface area contributed by atoms with Gasteiger partial charge in [-0.05, 0) is 32.0 Å². The molecule has 1 fully saturated rings. The molecule has 2 rings (SSSR count). The molecule has 0 spiro atoms. The number of pyridine rings is 1. The van der Waals surface area contributed by atoms with Crippen molar-refractivity contribution in [1.82, 2.24) is 9.88 Å². The molecule has 0 saturated carbocycles. The number of aryl methyl sites for hydroxylation is 1. The van der Waals surface area contributed by atoms with Crippen LogP contribution in [0.3, 0.4) is 0 Å². The number of rotatable bonds is 3. The lowest BCUT2D eigenvalue weighted by Gasteiger charge is -2.40. The van der Waals surface area contributed by atoms with Crippen LogP contribution in [0.4, 0.5) is 5.82 Å². The van der Waals surface area contributed by atoms with Crippen LogP contribution in [0.1, 0.15) is 25.3 Å². The molecule has 94 valence electrons. The summed E-state index contributed by atoms with van der Waals surface area (Å²) in [7, 11) is 2.24. The van der Waals surface area contributed by atoms with Gasteiger partial charge < -0.3 is 4.90 Å². The van der Waals surface area contributed by atoms with E-state index in [-0.39, 0.29) is 0 Å². The summed E-state index contributed by atoms with van der Waals surface area (Å²) in [5.74, 6) is 1.13. The minimum Gasteiger partial charge on any atom is -0.354 e. The Labute approximate surface area is 104 Å². The van der Waals surface area contributed by atoms with E-state index in [1.165, 1.54) is 18.4 Å². The highest BCUT2D eigenvalue weighted by Crippen LogP contribution is 2.18. The standard InChI is InChI=1S/C14H23N3/c1-4-5-13-11-17(9-8-16(13)3)14-7-6-12(2)10-15-14/h6-7,10,13H,4-5,8-9,11H2,1-3H3/t13-/m0/s1. The molecule has 1 atom stereocenters. The highest BCUT2D eigenvalue weighted by Gasteiger charge is 2.23. The Kier molecular flexibility index (Phi) is 4.00. The lowest BCUT2D eigenvalue weighted by molar-refractivity contribution is 0.206. The molecule has 0 amide bonds. The normalized spacial score (nSPS) is 21.8. The van der Waals surface area contributed by atoms with Gasteiger partial charge in [0.25, 0.3) is 0 Å². The highest BCUT2D eigenvalue weighted by atomic mass is 15.3. The Hall–Kier alpha value is -1.09. The van der Waals surface area contributed by atoms with Gasteiger partial charge in [-0.1, -0.05) is 19.4 Å². The third-order valence-electron chi connectivity index (χ3n) is 3.62. The predicted octanol–water partition coefficient (Wildman–Crippen LogP) is 2.31. The first-order chi connectivity index (χ1) is 8.20. The first-order valence-corrected chi connectivity index (χ1v) is 6.58. The van der Waals surface area contributed by atoms with Crippen molar-refractivity contribution in [2.75, 3.05) is 31.6 Å². The zero-order chi connectivity index (χ0) is 12.3. The molecule has 1 aliphatic rings. The van der Waals surface area contributed by atoms with E-state index in [9.17, 15) is 0 Å². The third kappa shape index (κ3) is 2.97. The van der Waals surface area contributed by atoms with Gasteiger partial charge >= 0.3 is 0 Å². The minimum absolute atomic E-state index is 0.678. The van der Waals surface area contributed by atoms with Crippen molar-refractivity contribution < 1.29 is 0 Å². The van der Waals surface area contributed by atoms with Crippen molar-refractivity contribution in [2.45, 2.75) is 32.7 Å². The lowest BCUT2D eigenvalue weighted by atomic mass is 10.1. The first-order valence-electron chi connectivity index (χ1n) is 6.58. The number of piperazine rings is 1. The molecule has 0 aliphatic carbocycles. The molecule has 0 aromatic carbocycles. The Balaban J connectivity index is 2.04. The fourth-order valence-corrected chi connectivity index (χ4v) is 2.45. The van der Waals surface area contributed by atoms with Gasteiger partial charge in [0.2, 0.25) is 0 Å². The second-order valence-electron chi connectivity index (χ2n) is 5.06. The maximum atomic E-state index is 4.53. The van der Waals surface area contributed by atoms with E-state index in [4.69, 9.17) is 0 Å². The lowest BCUT2D eigenvalue weighted by Crippen LogP contribution is -2.51. The number of nitrogens with zero attached hydrogens (tertiary/aromatic N) is 3. The van der Waals surface area contributed by atoms with Crippen LogP contribution >= 0.6 is 0 Å². The summed E-state index contributed by atoms with van der Waals surface area (Å²) < 4.78 is 0. The number of hydrogen-bond acceptors (Lipinski definition) is 3. The molecule has 1 saturated heterocycles. The van der Waals surface area contributed by atoms with Gasteiger partial charge in [-0.2, -0.15) is 0 Å². The Morgan fingerprint density at radius 3 is 2.82 bits per heavy atom. The zero-order valence-electron chi connectivity index (χ0n) is 11.2. The Morgan fingerprint density at radius 2 is 2.18 bits per heavy atom. The molecule has 3 nitrogen and oxygen atoms in total. The molecule has 1 aromatic heterocycles. The molecule has 17 heavy (non-hydrogen) atoms. The van der Waals surface area contributed by atoms with Crippen molar-refractivity contribution in [1.29, 1.82) is 0 Å². The van der Waals surface area contributed by atoms with E-state index in [1.807, 2.05) is 6.20 Å². The molecule has 3 heteroatoms. The zero-order valence-corrected chi connectivity index (χ0v) is 11.2. The maximum Gasteiger partial charge on any atom is 0.128 e. The van der Waals surface area contributed by atoms with Crippen LogP contribution in [0.5, 0.6) is 0 Å². The van der Waals surface area contributed by atoms with Gasteiger partial charge in [-0.15, -0.1) is 0 Å². The van der Waals surface area contributed by atoms with Crippen LogP contribution in [-0.2, 0) is 0 Å². The summed E-state index contributed by atoms with van der Waals surface area (Å²) in [5, 5.41) is 0. The number of aromatic nitrogens is 1. The Bertz CT molecular complexity index is 347. The van der Waals surface area contributed by atoms with E-state index in [0.29, 0.717) is 6.04 Å². The van der Waals surface area contributed by atoms with Crippen molar-refractivity contribution in [3.63, 3.8) is 0 Å². The molecule has 1 aliphatic heterocycles. The third-order valence-corrected chi connectivity index (χ3v) is 3.62. The van der Waals surface area contributed by atoms with E-state index in [2.05, 4.69) is 47.8 Å². The van der Waals surface area contributed by atoms with Crippen molar-refractivity contribution in [2.24, 2.45) is 0 Å². The highest BCUT2D eigenvalue weighted by molar-refractivity contribution is 5.40. The predicted molar refractivity (Wildman–Crippen MR) is 72.5 cm³/mol. The molecule has 0 radical (unpaired) electrons. The summed E-state index contributed by atoms with van der Waals surface area (Å²) in [6.45, 7) is 7.69.